The number of carbonyl (C=O) groups is 2. The van der Waals surface area contributed by atoms with Crippen LogP contribution in [0.15, 0.2) is 72.9 Å². The Hall–Kier alpha value is -3.16. The number of carbonyl (C=O) groups excluding carboxylic acids is 2. The Kier molecular flexibility index (Phi) is 9.20. The highest BCUT2D eigenvalue weighted by Gasteiger charge is 2.39. The van der Waals surface area contributed by atoms with Gasteiger partial charge >= 0.3 is 0 Å². The molecule has 1 amide bonds. The Bertz CT molecular complexity index is 1610. The first-order chi connectivity index (χ1) is 20.9. The van der Waals surface area contributed by atoms with Crippen LogP contribution in [0, 0.1) is 0 Å². The van der Waals surface area contributed by atoms with Crippen molar-refractivity contribution in [2.45, 2.75) is 57.8 Å². The highest BCUT2D eigenvalue weighted by atomic mass is 35.5. The van der Waals surface area contributed by atoms with Crippen molar-refractivity contribution < 1.29 is 9.59 Å². The normalized spacial score (nSPS) is 18.8. The summed E-state index contributed by atoms with van der Waals surface area (Å²) in [5.74, 6) is 0.0479. The largest absolute Gasteiger partial charge is 0.348 e. The van der Waals surface area contributed by atoms with Gasteiger partial charge in [0.1, 0.15) is 0 Å². The number of hydrogen-bond acceptors (Lipinski definition) is 4. The van der Waals surface area contributed by atoms with Crippen LogP contribution in [-0.2, 0) is 19.5 Å². The molecule has 0 saturated carbocycles. The fraction of sp³-hybridized carbons (Fsp3) is 0.371. The van der Waals surface area contributed by atoms with E-state index in [9.17, 15) is 9.59 Å². The Balaban J connectivity index is 1.09. The van der Waals surface area contributed by atoms with E-state index in [0.717, 1.165) is 55.5 Å². The quantitative estimate of drug-likeness (QED) is 0.187. The molecule has 43 heavy (non-hydrogen) atoms. The lowest BCUT2D eigenvalue weighted by atomic mass is 10.1. The summed E-state index contributed by atoms with van der Waals surface area (Å²) in [6, 6.07) is 22.4. The number of fused-ring (bicyclic) bond motifs is 3. The molecule has 224 valence electrons. The van der Waals surface area contributed by atoms with Crippen LogP contribution in [0.4, 0.5) is 0 Å². The molecule has 2 aliphatic rings. The summed E-state index contributed by atoms with van der Waals surface area (Å²) in [6.07, 6.45) is 6.30. The smallest absolute Gasteiger partial charge is 0.253 e. The van der Waals surface area contributed by atoms with Gasteiger partial charge in [-0.2, -0.15) is 0 Å². The van der Waals surface area contributed by atoms with Crippen LogP contribution in [0.3, 0.4) is 0 Å². The van der Waals surface area contributed by atoms with Crippen LogP contribution >= 0.6 is 23.2 Å². The zero-order chi connectivity index (χ0) is 29.9. The van der Waals surface area contributed by atoms with Gasteiger partial charge in [-0.3, -0.25) is 19.4 Å². The molecule has 0 radical (unpaired) electrons. The van der Waals surface area contributed by atoms with Gasteiger partial charge in [0.2, 0.25) is 0 Å². The SMILES string of the molecule is CCc1cccc2c(C(=O)NCc3ccccc3)cn(CCCN3C4CCC3CN(CC(=O)c3ccc(Cl)c(Cl)c3)C4)c12. The molecular formula is C35H38Cl2N4O2. The van der Waals surface area contributed by atoms with Crippen molar-refractivity contribution in [1.29, 1.82) is 0 Å². The molecule has 6 nitrogen and oxygen atoms in total. The van der Waals surface area contributed by atoms with Crippen molar-refractivity contribution in [1.82, 2.24) is 19.7 Å². The molecule has 2 saturated heterocycles. The van der Waals surface area contributed by atoms with Gasteiger partial charge in [-0.05, 0) is 55.0 Å². The fourth-order valence-corrected chi connectivity index (χ4v) is 7.21. The van der Waals surface area contributed by atoms with Gasteiger partial charge in [0.05, 0.1) is 27.7 Å². The van der Waals surface area contributed by atoms with Crippen LogP contribution in [0.5, 0.6) is 0 Å². The van der Waals surface area contributed by atoms with Gasteiger partial charge < -0.3 is 9.88 Å². The van der Waals surface area contributed by atoms with E-state index in [1.807, 2.05) is 36.5 Å². The fourth-order valence-electron chi connectivity index (χ4n) is 6.91. The Morgan fingerprint density at radius 1 is 0.907 bits per heavy atom. The molecule has 1 N–H and O–H groups in total. The third kappa shape index (κ3) is 6.53. The third-order valence-electron chi connectivity index (χ3n) is 9.04. The molecule has 0 aliphatic carbocycles. The highest BCUT2D eigenvalue weighted by molar-refractivity contribution is 6.42. The topological polar surface area (TPSA) is 57.6 Å². The number of rotatable bonds is 11. The van der Waals surface area contributed by atoms with Crippen molar-refractivity contribution in [2.75, 3.05) is 26.2 Å². The van der Waals surface area contributed by atoms with E-state index >= 15 is 0 Å². The van der Waals surface area contributed by atoms with Crippen molar-refractivity contribution >= 4 is 45.8 Å². The van der Waals surface area contributed by atoms with E-state index < -0.39 is 0 Å². The van der Waals surface area contributed by atoms with Gasteiger partial charge in [-0.1, -0.05) is 78.7 Å². The number of aromatic nitrogens is 1. The van der Waals surface area contributed by atoms with E-state index in [1.165, 1.54) is 23.9 Å². The van der Waals surface area contributed by atoms with Gasteiger partial charge in [0.25, 0.3) is 5.91 Å². The van der Waals surface area contributed by atoms with Crippen molar-refractivity contribution in [3.63, 3.8) is 0 Å². The molecule has 8 heteroatoms. The number of nitrogens with one attached hydrogen (secondary N) is 1. The van der Waals surface area contributed by atoms with Gasteiger partial charge in [0, 0.05) is 62.0 Å². The molecule has 2 bridgehead atoms. The molecular weight excluding hydrogens is 579 g/mol. The average molecular weight is 618 g/mol. The maximum atomic E-state index is 13.3. The predicted molar refractivity (Wildman–Crippen MR) is 174 cm³/mol. The predicted octanol–water partition coefficient (Wildman–Crippen LogP) is 6.86. The van der Waals surface area contributed by atoms with E-state index in [2.05, 4.69) is 44.8 Å². The number of Topliss-reactive ketones (excluding diaryl/α,β-unsaturated/α-hetero) is 1. The molecule has 1 aromatic heterocycles. The standard InChI is InChI=1S/C35H38Cl2N4O2/c1-2-25-10-6-11-29-30(35(43)38-19-24-8-4-3-5-9-24)22-40(34(25)29)16-7-17-41-27-13-14-28(41)21-39(20-27)23-33(42)26-12-15-31(36)32(37)18-26/h3-6,8-12,15,18,22,27-28H,2,7,13-14,16-17,19-21,23H2,1H3,(H,38,43). The van der Waals surface area contributed by atoms with Gasteiger partial charge in [-0.25, -0.2) is 0 Å². The molecule has 0 spiro atoms. The maximum Gasteiger partial charge on any atom is 0.253 e. The number of hydrogen-bond donors (Lipinski definition) is 1. The summed E-state index contributed by atoms with van der Waals surface area (Å²) >= 11 is 12.2. The molecule has 4 aromatic rings. The molecule has 2 atom stereocenters. The first-order valence-electron chi connectivity index (χ1n) is 15.3. The van der Waals surface area contributed by atoms with Gasteiger partial charge in [-0.15, -0.1) is 0 Å². The van der Waals surface area contributed by atoms with E-state index in [0.29, 0.717) is 40.8 Å². The second kappa shape index (κ2) is 13.2. The lowest BCUT2D eigenvalue weighted by molar-refractivity contribution is 0.0588. The number of likely N-dealkylation sites (tertiary alicyclic amines) is 1. The molecule has 2 unspecified atom stereocenters. The van der Waals surface area contributed by atoms with E-state index in [-0.39, 0.29) is 11.7 Å². The molecule has 2 fully saturated rings. The van der Waals surface area contributed by atoms with Crippen LogP contribution < -0.4 is 5.32 Å². The number of aryl methyl sites for hydroxylation is 2. The zero-order valence-corrected chi connectivity index (χ0v) is 26.1. The summed E-state index contributed by atoms with van der Waals surface area (Å²) in [5, 5.41) is 5.02. The minimum Gasteiger partial charge on any atom is -0.348 e. The molecule has 6 rings (SSSR count). The van der Waals surface area contributed by atoms with Crippen LogP contribution in [0.25, 0.3) is 10.9 Å². The van der Waals surface area contributed by atoms with Crippen molar-refractivity contribution in [3.8, 4) is 0 Å². The summed E-state index contributed by atoms with van der Waals surface area (Å²) in [6.45, 7) is 6.76. The van der Waals surface area contributed by atoms with Crippen molar-refractivity contribution in [3.05, 3.63) is 105 Å². The first kappa shape index (κ1) is 29.9. The van der Waals surface area contributed by atoms with E-state index in [1.54, 1.807) is 18.2 Å². The summed E-state index contributed by atoms with van der Waals surface area (Å²) < 4.78 is 2.29. The van der Waals surface area contributed by atoms with E-state index in [4.69, 9.17) is 23.2 Å². The molecule has 3 heterocycles. The maximum absolute atomic E-state index is 13.3. The summed E-state index contributed by atoms with van der Waals surface area (Å²) in [7, 11) is 0. The highest BCUT2D eigenvalue weighted by Crippen LogP contribution is 2.31. The van der Waals surface area contributed by atoms with Crippen LogP contribution in [0.2, 0.25) is 10.0 Å². The molecule has 2 aliphatic heterocycles. The Morgan fingerprint density at radius 2 is 1.67 bits per heavy atom. The first-order valence-corrected chi connectivity index (χ1v) is 16.1. The lowest BCUT2D eigenvalue weighted by Gasteiger charge is -2.41. The average Bonchev–Trinajstić information content (AvgIpc) is 3.51. The third-order valence-corrected chi connectivity index (χ3v) is 9.78. The Morgan fingerprint density at radius 3 is 2.40 bits per heavy atom. The van der Waals surface area contributed by atoms with Crippen molar-refractivity contribution in [2.24, 2.45) is 0 Å². The second-order valence-electron chi connectivity index (χ2n) is 11.8. The second-order valence-corrected chi connectivity index (χ2v) is 12.6. The minimum absolute atomic E-state index is 0.0366. The van der Waals surface area contributed by atoms with Crippen LogP contribution in [0.1, 0.15) is 58.0 Å². The summed E-state index contributed by atoms with van der Waals surface area (Å²) in [4.78, 5) is 31.2. The summed E-state index contributed by atoms with van der Waals surface area (Å²) in [5.41, 5.74) is 4.87. The monoisotopic (exact) mass is 616 g/mol. The number of para-hydroxylation sites is 1. The number of halogens is 2. The number of piperazine rings is 1. The molecule has 3 aromatic carbocycles. The number of nitrogens with zero attached hydrogens (tertiary/aromatic N) is 3. The number of ketones is 1. The zero-order valence-electron chi connectivity index (χ0n) is 24.6. The lowest BCUT2D eigenvalue weighted by Crippen LogP contribution is -2.54. The van der Waals surface area contributed by atoms with Crippen LogP contribution in [-0.4, -0.2) is 64.3 Å². The number of benzene rings is 3. The Labute approximate surface area is 263 Å². The number of amides is 1. The van der Waals surface area contributed by atoms with Gasteiger partial charge in [0.15, 0.2) is 5.78 Å². The minimum atomic E-state index is -0.0366.